The Bertz CT molecular complexity index is 1190. The minimum Gasteiger partial charge on any atom is -0.352 e. The van der Waals surface area contributed by atoms with Crippen LogP contribution in [0.3, 0.4) is 0 Å². The molecule has 2 heterocycles. The molecule has 0 unspecified atom stereocenters. The molecule has 30 heavy (non-hydrogen) atoms. The third kappa shape index (κ3) is 4.24. The molecule has 1 aromatic heterocycles. The lowest BCUT2D eigenvalue weighted by Gasteiger charge is -2.31. The van der Waals surface area contributed by atoms with Gasteiger partial charge in [0.15, 0.2) is 0 Å². The van der Waals surface area contributed by atoms with E-state index in [0.717, 1.165) is 16.5 Å². The molecule has 0 spiro atoms. The summed E-state index contributed by atoms with van der Waals surface area (Å²) in [6, 6.07) is 14.4. The van der Waals surface area contributed by atoms with Crippen molar-refractivity contribution in [3.05, 3.63) is 65.3 Å². The van der Waals surface area contributed by atoms with Gasteiger partial charge in [-0.1, -0.05) is 23.7 Å². The highest BCUT2D eigenvalue weighted by molar-refractivity contribution is 7.89. The normalized spacial score (nSPS) is 17.9. The molecular formula is C22H24ClN3O3S. The Kier molecular flexibility index (Phi) is 5.86. The molecule has 1 N–H and O–H groups in total. The first kappa shape index (κ1) is 20.9. The largest absolute Gasteiger partial charge is 0.352 e. The smallest absolute Gasteiger partial charge is 0.243 e. The molecular weight excluding hydrogens is 422 g/mol. The number of fused-ring (bicyclic) bond motifs is 1. The SMILES string of the molecule is Cn1ccc2cc(S(=O)(=O)N3CCC[C@H](C(=O)NCc4cccc(Cl)c4)C3)ccc21. The number of rotatable bonds is 5. The van der Waals surface area contributed by atoms with E-state index in [4.69, 9.17) is 11.6 Å². The molecule has 4 rings (SSSR count). The number of benzene rings is 2. The number of sulfonamides is 1. The number of carbonyl (C=O) groups is 1. The maximum absolute atomic E-state index is 13.2. The Hall–Kier alpha value is -2.35. The van der Waals surface area contributed by atoms with Crippen molar-refractivity contribution in [1.29, 1.82) is 0 Å². The second-order valence-corrected chi connectivity index (χ2v) is 10.1. The van der Waals surface area contributed by atoms with Gasteiger partial charge in [0.25, 0.3) is 0 Å². The Balaban J connectivity index is 1.46. The van der Waals surface area contributed by atoms with Gasteiger partial charge in [-0.3, -0.25) is 4.79 Å². The van der Waals surface area contributed by atoms with Gasteiger partial charge in [-0.15, -0.1) is 0 Å². The number of hydrogen-bond acceptors (Lipinski definition) is 3. The van der Waals surface area contributed by atoms with E-state index in [0.29, 0.717) is 31.0 Å². The highest BCUT2D eigenvalue weighted by Gasteiger charge is 2.33. The number of nitrogens with one attached hydrogen (secondary N) is 1. The van der Waals surface area contributed by atoms with Crippen molar-refractivity contribution in [1.82, 2.24) is 14.2 Å². The topological polar surface area (TPSA) is 71.4 Å². The molecule has 158 valence electrons. The summed E-state index contributed by atoms with van der Waals surface area (Å²) in [4.78, 5) is 12.9. The fourth-order valence-electron chi connectivity index (χ4n) is 3.92. The van der Waals surface area contributed by atoms with Crippen molar-refractivity contribution in [3.8, 4) is 0 Å². The molecule has 1 aliphatic rings. The monoisotopic (exact) mass is 445 g/mol. The second kappa shape index (κ2) is 8.41. The summed E-state index contributed by atoms with van der Waals surface area (Å²) >= 11 is 5.99. The Morgan fingerprint density at radius 3 is 2.83 bits per heavy atom. The van der Waals surface area contributed by atoms with Crippen LogP contribution in [0.1, 0.15) is 18.4 Å². The zero-order chi connectivity index (χ0) is 21.3. The molecule has 6 nitrogen and oxygen atoms in total. The average molecular weight is 446 g/mol. The van der Waals surface area contributed by atoms with Crippen molar-refractivity contribution in [2.75, 3.05) is 13.1 Å². The van der Waals surface area contributed by atoms with E-state index in [2.05, 4.69) is 5.32 Å². The van der Waals surface area contributed by atoms with Crippen LogP contribution in [0.25, 0.3) is 10.9 Å². The minimum atomic E-state index is -3.66. The van der Waals surface area contributed by atoms with Gasteiger partial charge < -0.3 is 9.88 Å². The molecule has 8 heteroatoms. The first-order valence-electron chi connectivity index (χ1n) is 9.92. The summed E-state index contributed by atoms with van der Waals surface area (Å²) in [7, 11) is -1.73. The molecule has 1 aliphatic heterocycles. The average Bonchev–Trinajstić information content (AvgIpc) is 3.12. The van der Waals surface area contributed by atoms with Gasteiger partial charge in [-0.05, 0) is 54.8 Å². The predicted octanol–water partition coefficient (Wildman–Crippen LogP) is 3.55. The fraction of sp³-hybridized carbons (Fsp3) is 0.318. The van der Waals surface area contributed by atoms with Crippen molar-refractivity contribution < 1.29 is 13.2 Å². The molecule has 2 aromatic carbocycles. The molecule has 1 fully saturated rings. The lowest BCUT2D eigenvalue weighted by Crippen LogP contribution is -2.45. The van der Waals surface area contributed by atoms with Gasteiger partial charge >= 0.3 is 0 Å². The number of nitrogens with zero attached hydrogens (tertiary/aromatic N) is 2. The molecule has 0 radical (unpaired) electrons. The Morgan fingerprint density at radius 1 is 1.20 bits per heavy atom. The van der Waals surface area contributed by atoms with E-state index in [1.807, 2.05) is 42.1 Å². The predicted molar refractivity (Wildman–Crippen MR) is 118 cm³/mol. The van der Waals surface area contributed by atoms with Crippen molar-refractivity contribution in [3.63, 3.8) is 0 Å². The molecule has 1 saturated heterocycles. The van der Waals surface area contributed by atoms with Crippen molar-refractivity contribution in [2.45, 2.75) is 24.3 Å². The summed E-state index contributed by atoms with van der Waals surface area (Å²) in [6.07, 6.45) is 3.23. The summed E-state index contributed by atoms with van der Waals surface area (Å²) in [6.45, 7) is 0.983. The van der Waals surface area contributed by atoms with Gasteiger partial charge in [0.1, 0.15) is 0 Å². The molecule has 0 aliphatic carbocycles. The highest BCUT2D eigenvalue weighted by atomic mass is 35.5. The van der Waals surface area contributed by atoms with Gasteiger partial charge in [0.2, 0.25) is 15.9 Å². The maximum atomic E-state index is 13.2. The first-order chi connectivity index (χ1) is 14.3. The van der Waals surface area contributed by atoms with Gasteiger partial charge in [0.05, 0.1) is 10.8 Å². The Morgan fingerprint density at radius 2 is 2.03 bits per heavy atom. The molecule has 3 aromatic rings. The van der Waals surface area contributed by atoms with E-state index in [1.54, 1.807) is 24.3 Å². The van der Waals surface area contributed by atoms with Crippen LogP contribution < -0.4 is 5.32 Å². The van der Waals surface area contributed by atoms with Crippen molar-refractivity contribution >= 4 is 38.4 Å². The standard InChI is InChI=1S/C22H24ClN3O3S/c1-25-11-9-17-13-20(7-8-21(17)25)30(28,29)26-10-3-5-18(15-26)22(27)24-14-16-4-2-6-19(23)12-16/h2,4,6-9,11-13,18H,3,5,10,14-15H2,1H3,(H,24,27)/t18-/m0/s1. The van der Waals surface area contributed by atoms with Crippen LogP contribution in [0.15, 0.2) is 59.6 Å². The lowest BCUT2D eigenvalue weighted by atomic mass is 9.99. The van der Waals surface area contributed by atoms with Gasteiger partial charge in [-0.2, -0.15) is 4.31 Å². The van der Waals surface area contributed by atoms with E-state index in [9.17, 15) is 13.2 Å². The molecule has 1 atom stereocenters. The Labute approximate surface area is 181 Å². The summed E-state index contributed by atoms with van der Waals surface area (Å²) in [5.41, 5.74) is 1.89. The number of carbonyl (C=O) groups excluding carboxylic acids is 1. The van der Waals surface area contributed by atoms with E-state index < -0.39 is 10.0 Å². The number of aromatic nitrogens is 1. The molecule has 0 bridgehead atoms. The zero-order valence-corrected chi connectivity index (χ0v) is 18.3. The number of aryl methyl sites for hydroxylation is 1. The lowest BCUT2D eigenvalue weighted by molar-refractivity contribution is -0.126. The van der Waals surface area contributed by atoms with Gasteiger partial charge in [-0.25, -0.2) is 8.42 Å². The summed E-state index contributed by atoms with van der Waals surface area (Å²) < 4.78 is 29.8. The summed E-state index contributed by atoms with van der Waals surface area (Å²) in [5, 5.41) is 4.41. The van der Waals surface area contributed by atoms with E-state index in [-0.39, 0.29) is 23.3 Å². The number of piperidine rings is 1. The van der Waals surface area contributed by atoms with Gasteiger partial charge in [0, 0.05) is 48.8 Å². The number of halogens is 1. The second-order valence-electron chi connectivity index (χ2n) is 7.70. The maximum Gasteiger partial charge on any atom is 0.243 e. The van der Waals surface area contributed by atoms with Crippen LogP contribution in [0, 0.1) is 5.92 Å². The highest BCUT2D eigenvalue weighted by Crippen LogP contribution is 2.26. The van der Waals surface area contributed by atoms with Crippen LogP contribution >= 0.6 is 11.6 Å². The van der Waals surface area contributed by atoms with E-state index in [1.165, 1.54) is 4.31 Å². The molecule has 0 saturated carbocycles. The fourth-order valence-corrected chi connectivity index (χ4v) is 5.70. The van der Waals surface area contributed by atoms with Crippen molar-refractivity contribution in [2.24, 2.45) is 13.0 Å². The van der Waals surface area contributed by atoms with Crippen LogP contribution in [0.4, 0.5) is 0 Å². The quantitative estimate of drug-likeness (QED) is 0.652. The summed E-state index contributed by atoms with van der Waals surface area (Å²) in [5.74, 6) is -0.499. The van der Waals surface area contributed by atoms with Crippen LogP contribution in [-0.2, 0) is 28.4 Å². The first-order valence-corrected chi connectivity index (χ1v) is 11.7. The van der Waals surface area contributed by atoms with Crippen LogP contribution in [-0.4, -0.2) is 36.3 Å². The number of amides is 1. The van der Waals surface area contributed by atoms with Crippen LogP contribution in [0.2, 0.25) is 5.02 Å². The zero-order valence-electron chi connectivity index (χ0n) is 16.7. The molecule has 1 amide bonds. The minimum absolute atomic E-state index is 0.131. The number of hydrogen-bond donors (Lipinski definition) is 1. The third-order valence-corrected chi connectivity index (χ3v) is 7.70. The third-order valence-electron chi connectivity index (χ3n) is 5.61. The van der Waals surface area contributed by atoms with Crippen LogP contribution in [0.5, 0.6) is 0 Å². The van der Waals surface area contributed by atoms with E-state index >= 15 is 0 Å².